The molecule has 0 heterocycles. The van der Waals surface area contributed by atoms with Crippen LogP contribution in [0.4, 0.5) is 5.69 Å². The fourth-order valence-electron chi connectivity index (χ4n) is 3.01. The van der Waals surface area contributed by atoms with E-state index in [1.54, 1.807) is 22.9 Å². The Hall–Kier alpha value is -4.06. The highest BCUT2D eigenvalue weighted by Crippen LogP contribution is 2.19. The lowest BCUT2D eigenvalue weighted by atomic mass is 10.0. The normalized spacial score (nSPS) is 12.5. The molecular formula is C23H26N4O7S. The summed E-state index contributed by atoms with van der Waals surface area (Å²) >= 11 is 0. The van der Waals surface area contributed by atoms with Crippen LogP contribution in [-0.2, 0) is 40.4 Å². The van der Waals surface area contributed by atoms with Gasteiger partial charge in [-0.25, -0.2) is 8.42 Å². The van der Waals surface area contributed by atoms with Gasteiger partial charge in [-0.15, -0.1) is 0 Å². The molecule has 0 aliphatic rings. The maximum Gasteiger partial charge on any atom is 0.313 e. The van der Waals surface area contributed by atoms with Crippen LogP contribution >= 0.6 is 0 Å². The van der Waals surface area contributed by atoms with Crippen LogP contribution in [0.25, 0.3) is 0 Å². The summed E-state index contributed by atoms with van der Waals surface area (Å²) in [5.41, 5.74) is 2.23. The van der Waals surface area contributed by atoms with Gasteiger partial charge in [0.25, 0.3) is 0 Å². The number of anilines is 1. The van der Waals surface area contributed by atoms with Crippen molar-refractivity contribution in [3.63, 3.8) is 0 Å². The standard InChI is InChI=1S/C23H26N4O7S/c1-15(21(30)25-18(14-28)13-20(29)27-35(2,33)34)24-22(31)23(32)26-19-11-7-6-10-17(19)12-16-8-4-3-5-9-16/h3-11,14-15,18H,12-13H2,1-2H3,(H,24,31)(H,25,30)(H,26,32)(H,27,29). The van der Waals surface area contributed by atoms with Gasteiger partial charge in [0.05, 0.1) is 18.7 Å². The van der Waals surface area contributed by atoms with Gasteiger partial charge in [0, 0.05) is 5.69 Å². The largest absolute Gasteiger partial charge is 0.344 e. The van der Waals surface area contributed by atoms with Gasteiger partial charge < -0.3 is 20.7 Å². The van der Waals surface area contributed by atoms with Crippen LogP contribution in [0.1, 0.15) is 24.5 Å². The van der Waals surface area contributed by atoms with Crippen molar-refractivity contribution in [2.45, 2.75) is 31.8 Å². The Morgan fingerprint density at radius 2 is 1.54 bits per heavy atom. The lowest BCUT2D eigenvalue weighted by Crippen LogP contribution is -2.51. The maximum absolute atomic E-state index is 12.4. The SMILES string of the molecule is CC(NC(=O)C(=O)Nc1ccccc1Cc1ccccc1)C(=O)NC(C=O)CC(=O)NS(C)(=O)=O. The first kappa shape index (κ1) is 27.2. The van der Waals surface area contributed by atoms with E-state index in [1.807, 2.05) is 36.4 Å². The molecule has 0 saturated heterocycles. The number of amides is 4. The van der Waals surface area contributed by atoms with Crippen LogP contribution in [-0.4, -0.2) is 56.7 Å². The number of carbonyl (C=O) groups is 5. The predicted octanol–water partition coefficient (Wildman–Crippen LogP) is -0.130. The Morgan fingerprint density at radius 3 is 2.17 bits per heavy atom. The highest BCUT2D eigenvalue weighted by atomic mass is 32.2. The first-order chi connectivity index (χ1) is 16.5. The molecular weight excluding hydrogens is 476 g/mol. The molecule has 2 atom stereocenters. The zero-order valence-corrected chi connectivity index (χ0v) is 19.9. The average Bonchev–Trinajstić information content (AvgIpc) is 2.79. The summed E-state index contributed by atoms with van der Waals surface area (Å²) in [6.07, 6.45) is 0.923. The molecule has 12 heteroatoms. The summed E-state index contributed by atoms with van der Waals surface area (Å²) in [6, 6.07) is 14.0. The highest BCUT2D eigenvalue weighted by Gasteiger charge is 2.24. The second kappa shape index (κ2) is 12.4. The maximum atomic E-state index is 12.4. The number of hydrogen-bond acceptors (Lipinski definition) is 7. The van der Waals surface area contributed by atoms with Crippen molar-refractivity contribution in [3.05, 3.63) is 65.7 Å². The van der Waals surface area contributed by atoms with Crippen molar-refractivity contribution in [1.82, 2.24) is 15.4 Å². The van der Waals surface area contributed by atoms with Gasteiger partial charge in [0.15, 0.2) is 0 Å². The molecule has 2 aromatic rings. The molecule has 0 aliphatic carbocycles. The summed E-state index contributed by atoms with van der Waals surface area (Å²) in [6.45, 7) is 1.28. The van der Waals surface area contributed by atoms with Gasteiger partial charge >= 0.3 is 11.8 Å². The van der Waals surface area contributed by atoms with E-state index in [4.69, 9.17) is 0 Å². The summed E-state index contributed by atoms with van der Waals surface area (Å²) in [5.74, 6) is -3.92. The first-order valence-corrected chi connectivity index (χ1v) is 12.4. The van der Waals surface area contributed by atoms with Gasteiger partial charge in [-0.3, -0.25) is 23.9 Å². The smallest absolute Gasteiger partial charge is 0.313 e. The van der Waals surface area contributed by atoms with Crippen LogP contribution in [0.2, 0.25) is 0 Å². The molecule has 4 amide bonds. The average molecular weight is 503 g/mol. The minimum absolute atomic E-state index is 0.255. The number of aldehydes is 1. The number of carbonyl (C=O) groups excluding carboxylic acids is 5. The van der Waals surface area contributed by atoms with Crippen molar-refractivity contribution in [3.8, 4) is 0 Å². The van der Waals surface area contributed by atoms with Crippen LogP contribution in [0, 0.1) is 0 Å². The molecule has 11 nitrogen and oxygen atoms in total. The molecule has 0 saturated carbocycles. The Bertz CT molecular complexity index is 1200. The summed E-state index contributed by atoms with van der Waals surface area (Å²) < 4.78 is 23.8. The van der Waals surface area contributed by atoms with Crippen LogP contribution < -0.4 is 20.7 Å². The molecule has 2 unspecified atom stereocenters. The molecule has 4 N–H and O–H groups in total. The second-order valence-corrected chi connectivity index (χ2v) is 9.47. The van der Waals surface area contributed by atoms with E-state index in [1.165, 1.54) is 6.92 Å². The van der Waals surface area contributed by atoms with Crippen molar-refractivity contribution in [2.24, 2.45) is 0 Å². The molecule has 0 spiro atoms. The third-order valence-corrected chi connectivity index (χ3v) is 5.24. The Kier molecular flexibility index (Phi) is 9.64. The van der Waals surface area contributed by atoms with Crippen molar-refractivity contribution in [2.75, 3.05) is 11.6 Å². The molecule has 2 aromatic carbocycles. The monoisotopic (exact) mass is 502 g/mol. The molecule has 0 aromatic heterocycles. The van der Waals surface area contributed by atoms with Gasteiger partial charge in [0.1, 0.15) is 12.3 Å². The second-order valence-electron chi connectivity index (χ2n) is 7.72. The molecule has 0 radical (unpaired) electrons. The molecule has 35 heavy (non-hydrogen) atoms. The number of rotatable bonds is 10. The number of benzene rings is 2. The summed E-state index contributed by atoms with van der Waals surface area (Å²) in [5, 5.41) is 6.94. The van der Waals surface area contributed by atoms with Crippen molar-refractivity contribution >= 4 is 45.6 Å². The molecule has 186 valence electrons. The topological polar surface area (TPSA) is 168 Å². The predicted molar refractivity (Wildman–Crippen MR) is 128 cm³/mol. The molecule has 0 bridgehead atoms. The van der Waals surface area contributed by atoms with E-state index in [0.29, 0.717) is 12.1 Å². The van der Waals surface area contributed by atoms with Crippen molar-refractivity contribution < 1.29 is 32.4 Å². The highest BCUT2D eigenvalue weighted by molar-refractivity contribution is 7.89. The van der Waals surface area contributed by atoms with E-state index < -0.39 is 52.2 Å². The molecule has 2 rings (SSSR count). The first-order valence-electron chi connectivity index (χ1n) is 10.5. The lowest BCUT2D eigenvalue weighted by molar-refractivity contribution is -0.138. The summed E-state index contributed by atoms with van der Waals surface area (Å²) in [4.78, 5) is 59.8. The van der Waals surface area contributed by atoms with Gasteiger partial charge in [-0.05, 0) is 30.5 Å². The Morgan fingerprint density at radius 1 is 0.914 bits per heavy atom. The Balaban J connectivity index is 1.94. The van der Waals surface area contributed by atoms with E-state index in [9.17, 15) is 32.4 Å². The van der Waals surface area contributed by atoms with Crippen LogP contribution in [0.5, 0.6) is 0 Å². The van der Waals surface area contributed by atoms with E-state index in [2.05, 4.69) is 16.0 Å². The number of sulfonamides is 1. The van der Waals surface area contributed by atoms with E-state index in [0.717, 1.165) is 17.4 Å². The molecule has 0 aliphatic heterocycles. The van der Waals surface area contributed by atoms with Gasteiger partial charge in [-0.2, -0.15) is 0 Å². The number of para-hydroxylation sites is 1. The quantitative estimate of drug-likeness (QED) is 0.259. The van der Waals surface area contributed by atoms with Gasteiger partial charge in [0.2, 0.25) is 21.8 Å². The zero-order valence-electron chi connectivity index (χ0n) is 19.1. The van der Waals surface area contributed by atoms with Gasteiger partial charge in [-0.1, -0.05) is 48.5 Å². The summed E-state index contributed by atoms with van der Waals surface area (Å²) in [7, 11) is -3.82. The zero-order chi connectivity index (χ0) is 26.0. The number of hydrogen-bond donors (Lipinski definition) is 4. The lowest BCUT2D eigenvalue weighted by Gasteiger charge is -2.17. The van der Waals surface area contributed by atoms with E-state index >= 15 is 0 Å². The minimum atomic E-state index is -3.82. The number of nitrogens with one attached hydrogen (secondary N) is 4. The fraction of sp³-hybridized carbons (Fsp3) is 0.261. The Labute approximate surface area is 202 Å². The molecule has 0 fully saturated rings. The van der Waals surface area contributed by atoms with E-state index in [-0.39, 0.29) is 6.29 Å². The minimum Gasteiger partial charge on any atom is -0.344 e. The fourth-order valence-corrected chi connectivity index (χ4v) is 3.50. The van der Waals surface area contributed by atoms with Crippen molar-refractivity contribution in [1.29, 1.82) is 0 Å². The third kappa shape index (κ3) is 9.37. The third-order valence-electron chi connectivity index (χ3n) is 4.65. The van der Waals surface area contributed by atoms with Crippen LogP contribution in [0.15, 0.2) is 54.6 Å². The van der Waals surface area contributed by atoms with Crippen LogP contribution in [0.3, 0.4) is 0 Å².